The molecule has 196 valence electrons. The van der Waals surface area contributed by atoms with Crippen LogP contribution in [0, 0.1) is 0 Å². The van der Waals surface area contributed by atoms with E-state index in [1.54, 1.807) is 17.6 Å². The van der Waals surface area contributed by atoms with E-state index in [1.165, 1.54) is 11.3 Å². The average molecular weight is 537 g/mol. The molecule has 1 aliphatic rings. The number of hydrogen-bond donors (Lipinski definition) is 0. The van der Waals surface area contributed by atoms with Crippen LogP contribution < -0.4 is 19.6 Å². The Hall–Kier alpha value is -4.49. The first-order valence-corrected chi connectivity index (χ1v) is 13.6. The molecular formula is C32H28N2O4S. The number of hydrogen-bond acceptors (Lipinski definition) is 6. The highest BCUT2D eigenvalue weighted by molar-refractivity contribution is 7.07. The van der Waals surface area contributed by atoms with Crippen molar-refractivity contribution in [3.63, 3.8) is 0 Å². The van der Waals surface area contributed by atoms with Gasteiger partial charge in [-0.1, -0.05) is 96.3 Å². The Labute approximate surface area is 230 Å². The smallest absolute Gasteiger partial charge is 0.338 e. The molecule has 7 heteroatoms. The summed E-state index contributed by atoms with van der Waals surface area (Å²) >= 11 is 1.30. The third kappa shape index (κ3) is 5.54. The van der Waals surface area contributed by atoms with Gasteiger partial charge in [-0.05, 0) is 43.2 Å². The van der Waals surface area contributed by atoms with Crippen molar-refractivity contribution >= 4 is 35.2 Å². The van der Waals surface area contributed by atoms with Gasteiger partial charge in [0.15, 0.2) is 4.80 Å². The van der Waals surface area contributed by atoms with Crippen molar-refractivity contribution in [3.8, 4) is 5.75 Å². The first-order chi connectivity index (χ1) is 19.1. The van der Waals surface area contributed by atoms with E-state index in [0.29, 0.717) is 33.0 Å². The monoisotopic (exact) mass is 536 g/mol. The van der Waals surface area contributed by atoms with Crippen LogP contribution in [0.3, 0.4) is 0 Å². The summed E-state index contributed by atoms with van der Waals surface area (Å²) < 4.78 is 13.3. The highest BCUT2D eigenvalue weighted by Crippen LogP contribution is 2.35. The average Bonchev–Trinajstić information content (AvgIpc) is 3.28. The Kier molecular flexibility index (Phi) is 7.99. The highest BCUT2D eigenvalue weighted by atomic mass is 32.1. The minimum atomic E-state index is -0.716. The molecule has 0 spiro atoms. The van der Waals surface area contributed by atoms with Gasteiger partial charge < -0.3 is 9.47 Å². The van der Waals surface area contributed by atoms with Gasteiger partial charge in [-0.2, -0.15) is 0 Å². The number of ether oxygens (including phenoxy) is 2. The minimum Gasteiger partial charge on any atom is -0.494 e. The maximum atomic E-state index is 13.8. The van der Waals surface area contributed by atoms with Crippen LogP contribution in [0.25, 0.3) is 17.8 Å². The Bertz CT molecular complexity index is 1700. The van der Waals surface area contributed by atoms with Crippen molar-refractivity contribution in [1.29, 1.82) is 0 Å². The van der Waals surface area contributed by atoms with E-state index in [9.17, 15) is 9.59 Å². The highest BCUT2D eigenvalue weighted by Gasteiger charge is 2.35. The predicted octanol–water partition coefficient (Wildman–Crippen LogP) is 5.00. The van der Waals surface area contributed by atoms with Crippen LogP contribution in [0.2, 0.25) is 0 Å². The molecule has 0 fully saturated rings. The number of fused-ring (bicyclic) bond motifs is 1. The van der Waals surface area contributed by atoms with E-state index in [0.717, 1.165) is 16.7 Å². The van der Waals surface area contributed by atoms with E-state index < -0.39 is 12.0 Å². The second kappa shape index (κ2) is 11.9. The lowest BCUT2D eigenvalue weighted by molar-refractivity contribution is -0.138. The van der Waals surface area contributed by atoms with Gasteiger partial charge in [0.2, 0.25) is 0 Å². The molecule has 5 rings (SSSR count). The van der Waals surface area contributed by atoms with Crippen molar-refractivity contribution in [2.45, 2.75) is 19.9 Å². The van der Waals surface area contributed by atoms with E-state index in [-0.39, 0.29) is 12.2 Å². The first kappa shape index (κ1) is 26.1. The van der Waals surface area contributed by atoms with Gasteiger partial charge in [-0.3, -0.25) is 9.36 Å². The Morgan fingerprint density at radius 3 is 2.31 bits per heavy atom. The Balaban J connectivity index is 1.73. The summed E-state index contributed by atoms with van der Waals surface area (Å²) in [5.74, 6) is 0.210. The molecule has 0 saturated heterocycles. The number of esters is 1. The topological polar surface area (TPSA) is 69.9 Å². The van der Waals surface area contributed by atoms with Gasteiger partial charge >= 0.3 is 5.97 Å². The fourth-order valence-corrected chi connectivity index (χ4v) is 5.45. The number of nitrogens with zero attached hydrogens (tertiary/aromatic N) is 2. The second-order valence-electron chi connectivity index (χ2n) is 8.73. The lowest BCUT2D eigenvalue weighted by atomic mass is 9.93. The quantitative estimate of drug-likeness (QED) is 0.297. The minimum absolute atomic E-state index is 0.203. The molecule has 0 amide bonds. The van der Waals surface area contributed by atoms with Crippen molar-refractivity contribution in [2.75, 3.05) is 13.2 Å². The predicted molar refractivity (Wildman–Crippen MR) is 155 cm³/mol. The van der Waals surface area contributed by atoms with Crippen molar-refractivity contribution in [3.05, 3.63) is 133 Å². The molecule has 3 aromatic carbocycles. The van der Waals surface area contributed by atoms with Crippen LogP contribution in [0.5, 0.6) is 5.75 Å². The molecule has 0 radical (unpaired) electrons. The molecule has 1 aliphatic heterocycles. The number of carbonyl (C=O) groups is 1. The maximum absolute atomic E-state index is 13.8. The van der Waals surface area contributed by atoms with Gasteiger partial charge in [0.25, 0.3) is 5.56 Å². The molecule has 0 bridgehead atoms. The number of aromatic nitrogens is 1. The zero-order valence-electron chi connectivity index (χ0n) is 21.7. The molecule has 0 N–H and O–H groups in total. The molecule has 1 aromatic heterocycles. The molecule has 39 heavy (non-hydrogen) atoms. The summed E-state index contributed by atoms with van der Waals surface area (Å²) in [5.41, 5.74) is 3.18. The van der Waals surface area contributed by atoms with Crippen molar-refractivity contribution in [1.82, 2.24) is 4.57 Å². The van der Waals surface area contributed by atoms with E-state index in [1.807, 2.05) is 104 Å². The number of carbonyl (C=O) groups excluding carboxylic acids is 1. The summed E-state index contributed by atoms with van der Waals surface area (Å²) in [4.78, 5) is 32.7. The summed E-state index contributed by atoms with van der Waals surface area (Å²) in [6.45, 7) is 4.43. The normalized spacial score (nSPS) is 15.2. The lowest BCUT2D eigenvalue weighted by Crippen LogP contribution is -2.39. The largest absolute Gasteiger partial charge is 0.494 e. The number of benzene rings is 3. The summed E-state index contributed by atoms with van der Waals surface area (Å²) in [6.07, 6.45) is 5.60. The molecule has 1 atom stereocenters. The fourth-order valence-electron chi connectivity index (χ4n) is 4.49. The molecule has 0 saturated carbocycles. The zero-order chi connectivity index (χ0) is 27.2. The van der Waals surface area contributed by atoms with Crippen LogP contribution in [-0.4, -0.2) is 23.8 Å². The fraction of sp³-hybridized carbons (Fsp3) is 0.156. The van der Waals surface area contributed by atoms with Crippen LogP contribution in [0.4, 0.5) is 0 Å². The Morgan fingerprint density at radius 1 is 0.949 bits per heavy atom. The first-order valence-electron chi connectivity index (χ1n) is 12.8. The summed E-state index contributed by atoms with van der Waals surface area (Å²) in [5, 5.41) is 0. The van der Waals surface area contributed by atoms with Crippen LogP contribution in [0.1, 0.15) is 36.6 Å². The van der Waals surface area contributed by atoms with Gasteiger partial charge in [0, 0.05) is 5.56 Å². The van der Waals surface area contributed by atoms with E-state index >= 15 is 0 Å². The van der Waals surface area contributed by atoms with E-state index in [4.69, 9.17) is 14.5 Å². The van der Waals surface area contributed by atoms with Crippen molar-refractivity contribution in [2.24, 2.45) is 4.99 Å². The second-order valence-corrected chi connectivity index (χ2v) is 9.73. The molecule has 0 aliphatic carbocycles. The SMILES string of the molecule is CCOC(=O)C1=C(c2ccccc2)N=c2s/c(=C/C=C/c3ccccc3)c(=O)n2[C@@H]1c1ccc(OCC)cc1. The summed E-state index contributed by atoms with van der Waals surface area (Å²) in [7, 11) is 0. The van der Waals surface area contributed by atoms with Gasteiger partial charge in [0.1, 0.15) is 5.75 Å². The summed E-state index contributed by atoms with van der Waals surface area (Å²) in [6, 6.07) is 26.2. The van der Waals surface area contributed by atoms with Crippen molar-refractivity contribution < 1.29 is 14.3 Å². The van der Waals surface area contributed by atoms with E-state index in [2.05, 4.69) is 0 Å². The number of allylic oxidation sites excluding steroid dienone is 1. The van der Waals surface area contributed by atoms with Crippen LogP contribution >= 0.6 is 11.3 Å². The van der Waals surface area contributed by atoms with Crippen LogP contribution in [-0.2, 0) is 9.53 Å². The number of rotatable bonds is 8. The molecule has 6 nitrogen and oxygen atoms in total. The number of thiazole rings is 1. The van der Waals surface area contributed by atoms with Gasteiger partial charge in [-0.15, -0.1) is 0 Å². The molecule has 2 heterocycles. The van der Waals surface area contributed by atoms with Crippen LogP contribution in [0.15, 0.2) is 106 Å². The zero-order valence-corrected chi connectivity index (χ0v) is 22.6. The lowest BCUT2D eigenvalue weighted by Gasteiger charge is -2.26. The third-order valence-corrected chi connectivity index (χ3v) is 7.22. The maximum Gasteiger partial charge on any atom is 0.338 e. The Morgan fingerprint density at radius 2 is 1.64 bits per heavy atom. The molecule has 4 aromatic rings. The van der Waals surface area contributed by atoms with Gasteiger partial charge in [0.05, 0.1) is 35.1 Å². The standard InChI is InChI=1S/C32H28N2O4S/c1-3-37-25-20-18-24(19-21-25)29-27(31(36)38-4-2)28(23-15-9-6-10-16-23)33-32-34(29)30(35)26(39-32)17-11-14-22-12-7-5-8-13-22/h5-21,29H,3-4H2,1-2H3/b14-11+,26-17+/t29-/m1/s1. The molecular weight excluding hydrogens is 508 g/mol. The van der Waals surface area contributed by atoms with Gasteiger partial charge in [-0.25, -0.2) is 9.79 Å². The molecule has 0 unspecified atom stereocenters. The third-order valence-electron chi connectivity index (χ3n) is 6.22.